The summed E-state index contributed by atoms with van der Waals surface area (Å²) < 4.78 is 0. The van der Waals surface area contributed by atoms with Gasteiger partial charge in [-0.25, -0.2) is 4.99 Å². The van der Waals surface area contributed by atoms with E-state index < -0.39 is 0 Å². The average molecular weight is 467 g/mol. The Hall–Kier alpha value is -1.06. The molecule has 0 aromatic carbocycles. The number of hydrogen-bond donors (Lipinski definition) is 2. The summed E-state index contributed by atoms with van der Waals surface area (Å²) in [4.78, 5) is 31.5. The molecule has 1 fully saturated rings. The normalized spacial score (nSPS) is 20.5. The predicted octanol–water partition coefficient (Wildman–Crippen LogP) is 1.28. The molecule has 0 aliphatic heterocycles. The molecule has 2 unspecified atom stereocenters. The van der Waals surface area contributed by atoms with E-state index in [-0.39, 0.29) is 60.3 Å². The van der Waals surface area contributed by atoms with Crippen LogP contribution in [0.1, 0.15) is 39.5 Å². The minimum absolute atomic E-state index is 0. The largest absolute Gasteiger partial charge is 0.354 e. The van der Waals surface area contributed by atoms with E-state index in [2.05, 4.69) is 15.6 Å². The van der Waals surface area contributed by atoms with E-state index in [9.17, 15) is 9.59 Å². The maximum Gasteiger partial charge on any atom is 0.243 e. The predicted molar refractivity (Wildman–Crippen MR) is 112 cm³/mol. The van der Waals surface area contributed by atoms with Gasteiger partial charge in [-0.05, 0) is 33.1 Å². The molecule has 1 rings (SSSR count). The lowest BCUT2D eigenvalue weighted by Crippen LogP contribution is -2.49. The van der Waals surface area contributed by atoms with Gasteiger partial charge in [-0.1, -0.05) is 6.42 Å². The maximum absolute atomic E-state index is 12.2. The van der Waals surface area contributed by atoms with Gasteiger partial charge in [0.1, 0.15) is 6.54 Å². The number of nitrogens with one attached hydrogen (secondary N) is 2. The van der Waals surface area contributed by atoms with Crippen molar-refractivity contribution in [3.63, 3.8) is 0 Å². The summed E-state index contributed by atoms with van der Waals surface area (Å²) in [5.74, 6) is 0.863. The van der Waals surface area contributed by atoms with Gasteiger partial charge in [0.2, 0.25) is 11.8 Å². The number of carbonyl (C=O) groups excluding carboxylic acids is 2. The molecule has 1 aliphatic rings. The molecule has 1 saturated carbocycles. The lowest BCUT2D eigenvalue weighted by molar-refractivity contribution is -0.134. The van der Waals surface area contributed by atoms with Crippen LogP contribution >= 0.6 is 24.0 Å². The van der Waals surface area contributed by atoms with E-state index in [0.717, 1.165) is 25.7 Å². The molecule has 8 heteroatoms. The van der Waals surface area contributed by atoms with Gasteiger partial charge >= 0.3 is 0 Å². The number of amides is 2. The fourth-order valence-corrected chi connectivity index (χ4v) is 2.80. The molecule has 0 spiro atoms. The smallest absolute Gasteiger partial charge is 0.243 e. The van der Waals surface area contributed by atoms with Crippen molar-refractivity contribution in [3.05, 3.63) is 0 Å². The molecular formula is C17H34IN5O2. The fraction of sp³-hybridized carbons (Fsp3) is 0.824. The van der Waals surface area contributed by atoms with Crippen LogP contribution in [-0.2, 0) is 9.59 Å². The van der Waals surface area contributed by atoms with Crippen LogP contribution in [0.5, 0.6) is 0 Å². The molecule has 2 N–H and O–H groups in total. The van der Waals surface area contributed by atoms with Crippen molar-refractivity contribution in [2.45, 2.75) is 51.6 Å². The second kappa shape index (κ2) is 11.5. The Labute approximate surface area is 169 Å². The zero-order chi connectivity index (χ0) is 18.3. The number of aliphatic imine (C=N–C) groups is 1. The number of guanidine groups is 1. The Balaban J connectivity index is 0.00000576. The molecule has 0 heterocycles. The van der Waals surface area contributed by atoms with Crippen LogP contribution in [-0.4, -0.2) is 74.4 Å². The first-order valence-corrected chi connectivity index (χ1v) is 8.69. The van der Waals surface area contributed by atoms with Crippen molar-refractivity contribution in [1.29, 1.82) is 0 Å². The highest BCUT2D eigenvalue weighted by Gasteiger charge is 2.28. The van der Waals surface area contributed by atoms with Crippen molar-refractivity contribution >= 4 is 41.8 Å². The molecule has 0 radical (unpaired) electrons. The summed E-state index contributed by atoms with van der Waals surface area (Å²) in [6.07, 6.45) is 3.78. The third-order valence-electron chi connectivity index (χ3n) is 4.10. The summed E-state index contributed by atoms with van der Waals surface area (Å²) in [5.41, 5.74) is 0. The van der Waals surface area contributed by atoms with E-state index in [1.165, 1.54) is 4.90 Å². The standard InChI is InChI=1S/C17H33N5O2.HI/c1-12(2)19-17(18-11-15(23)21(3)4)20-14-9-7-8-13(10-14)16(24)22(5)6;/h12-14H,7-11H2,1-6H3,(H2,18,19,20);1H. The molecule has 2 amide bonds. The van der Waals surface area contributed by atoms with Gasteiger partial charge in [-0.15, -0.1) is 24.0 Å². The van der Waals surface area contributed by atoms with Gasteiger partial charge in [0.05, 0.1) is 0 Å². The summed E-state index contributed by atoms with van der Waals surface area (Å²) in [6.45, 7) is 4.18. The molecule has 0 aromatic rings. The molecular weight excluding hydrogens is 433 g/mol. The first-order chi connectivity index (χ1) is 11.2. The third kappa shape index (κ3) is 8.73. The summed E-state index contributed by atoms with van der Waals surface area (Å²) >= 11 is 0. The van der Waals surface area contributed by atoms with Crippen molar-refractivity contribution in [2.75, 3.05) is 34.7 Å². The Morgan fingerprint density at radius 3 is 2.28 bits per heavy atom. The average Bonchev–Trinajstić information content (AvgIpc) is 2.51. The van der Waals surface area contributed by atoms with E-state index in [1.54, 1.807) is 33.1 Å². The second-order valence-corrected chi connectivity index (χ2v) is 7.19. The third-order valence-corrected chi connectivity index (χ3v) is 4.10. The van der Waals surface area contributed by atoms with E-state index in [1.807, 2.05) is 13.8 Å². The van der Waals surface area contributed by atoms with Gasteiger partial charge in [0.25, 0.3) is 0 Å². The summed E-state index contributed by atoms with van der Waals surface area (Å²) in [6, 6.07) is 0.417. The second-order valence-electron chi connectivity index (χ2n) is 7.19. The fourth-order valence-electron chi connectivity index (χ4n) is 2.80. The van der Waals surface area contributed by atoms with Gasteiger partial charge < -0.3 is 20.4 Å². The highest BCUT2D eigenvalue weighted by atomic mass is 127. The monoisotopic (exact) mass is 467 g/mol. The van der Waals surface area contributed by atoms with E-state index in [0.29, 0.717) is 5.96 Å². The molecule has 7 nitrogen and oxygen atoms in total. The Morgan fingerprint density at radius 2 is 1.76 bits per heavy atom. The van der Waals surface area contributed by atoms with Gasteiger partial charge in [0.15, 0.2) is 5.96 Å². The zero-order valence-electron chi connectivity index (χ0n) is 16.3. The lowest BCUT2D eigenvalue weighted by Gasteiger charge is -2.31. The number of rotatable bonds is 5. The quantitative estimate of drug-likeness (QED) is 0.363. The summed E-state index contributed by atoms with van der Waals surface area (Å²) in [7, 11) is 7.05. The molecule has 25 heavy (non-hydrogen) atoms. The molecule has 1 aliphatic carbocycles. The minimum atomic E-state index is -0.0378. The molecule has 2 atom stereocenters. The highest BCUT2D eigenvalue weighted by molar-refractivity contribution is 14.0. The van der Waals surface area contributed by atoms with Crippen LogP contribution < -0.4 is 10.6 Å². The van der Waals surface area contributed by atoms with Gasteiger partial charge in [-0.2, -0.15) is 0 Å². The lowest BCUT2D eigenvalue weighted by atomic mass is 9.85. The Bertz CT molecular complexity index is 466. The van der Waals surface area contributed by atoms with Gasteiger partial charge in [0, 0.05) is 46.2 Å². The van der Waals surface area contributed by atoms with Crippen LogP contribution in [0.3, 0.4) is 0 Å². The minimum Gasteiger partial charge on any atom is -0.354 e. The van der Waals surface area contributed by atoms with E-state index in [4.69, 9.17) is 0 Å². The van der Waals surface area contributed by atoms with Crippen LogP contribution in [0, 0.1) is 5.92 Å². The summed E-state index contributed by atoms with van der Waals surface area (Å²) in [5, 5.41) is 6.66. The highest BCUT2D eigenvalue weighted by Crippen LogP contribution is 2.25. The van der Waals surface area contributed by atoms with Crippen molar-refractivity contribution in [1.82, 2.24) is 20.4 Å². The Kier molecular flexibility index (Phi) is 11.0. The van der Waals surface area contributed by atoms with Crippen LogP contribution in [0.25, 0.3) is 0 Å². The SMILES string of the molecule is CC(C)NC(=NCC(=O)N(C)C)NC1CCCC(C(=O)N(C)C)C1.I. The number of likely N-dealkylation sites (N-methyl/N-ethyl adjacent to an activating group) is 1. The molecule has 146 valence electrons. The number of nitrogens with zero attached hydrogens (tertiary/aromatic N) is 3. The molecule has 0 aromatic heterocycles. The number of hydrogen-bond acceptors (Lipinski definition) is 3. The molecule has 0 saturated heterocycles. The van der Waals surface area contributed by atoms with E-state index >= 15 is 0 Å². The van der Waals surface area contributed by atoms with Crippen molar-refractivity contribution in [2.24, 2.45) is 10.9 Å². The van der Waals surface area contributed by atoms with Crippen molar-refractivity contribution < 1.29 is 9.59 Å². The first kappa shape index (κ1) is 23.9. The number of halogens is 1. The van der Waals surface area contributed by atoms with Crippen LogP contribution in [0.15, 0.2) is 4.99 Å². The van der Waals surface area contributed by atoms with Crippen LogP contribution in [0.4, 0.5) is 0 Å². The van der Waals surface area contributed by atoms with Crippen molar-refractivity contribution in [3.8, 4) is 0 Å². The Morgan fingerprint density at radius 1 is 1.12 bits per heavy atom. The van der Waals surface area contributed by atoms with Gasteiger partial charge in [-0.3, -0.25) is 9.59 Å². The molecule has 0 bridgehead atoms. The zero-order valence-corrected chi connectivity index (χ0v) is 18.7. The first-order valence-electron chi connectivity index (χ1n) is 8.69. The number of carbonyl (C=O) groups is 2. The maximum atomic E-state index is 12.2. The topological polar surface area (TPSA) is 77.0 Å². The van der Waals surface area contributed by atoms with Crippen LogP contribution in [0.2, 0.25) is 0 Å².